The molecule has 7 nitrogen and oxygen atoms in total. The van der Waals surface area contributed by atoms with E-state index in [1.165, 1.54) is 0 Å². The van der Waals surface area contributed by atoms with Gasteiger partial charge in [0.1, 0.15) is 5.75 Å². The van der Waals surface area contributed by atoms with Crippen LogP contribution >= 0.6 is 0 Å². The fourth-order valence-electron chi connectivity index (χ4n) is 4.51. The Morgan fingerprint density at radius 2 is 2.23 bits per heavy atom. The zero-order chi connectivity index (χ0) is 21.0. The summed E-state index contributed by atoms with van der Waals surface area (Å²) in [6, 6.07) is 11.2. The van der Waals surface area contributed by atoms with Gasteiger partial charge in [0.15, 0.2) is 0 Å². The van der Waals surface area contributed by atoms with E-state index in [2.05, 4.69) is 11.1 Å². The molecule has 2 aromatic carbocycles. The molecule has 1 saturated carbocycles. The number of carboxylic acid groups (broad SMARTS) is 1. The SMILES string of the molecule is COc1cc(C)c2[nH]ccc2c1[C@@H]([C@@H]1C[C@H]1C(=O)O)n1cc2ccc(C#N)cc2n1. The number of aliphatic carboxylic acids is 1. The zero-order valence-corrected chi connectivity index (χ0v) is 16.6. The van der Waals surface area contributed by atoms with Crippen molar-refractivity contribution in [2.24, 2.45) is 11.8 Å². The molecule has 2 aromatic heterocycles. The first-order valence-electron chi connectivity index (χ1n) is 9.78. The number of ether oxygens (including phenoxy) is 1. The van der Waals surface area contributed by atoms with Crippen LogP contribution in [0.1, 0.15) is 29.2 Å². The molecule has 1 fully saturated rings. The molecule has 2 heterocycles. The Bertz CT molecular complexity index is 1340. The van der Waals surface area contributed by atoms with Gasteiger partial charge in [-0.3, -0.25) is 9.48 Å². The van der Waals surface area contributed by atoms with Crippen LogP contribution in [0.5, 0.6) is 5.75 Å². The number of aromatic nitrogens is 3. The van der Waals surface area contributed by atoms with Crippen molar-refractivity contribution >= 4 is 27.8 Å². The van der Waals surface area contributed by atoms with Crippen LogP contribution in [0.15, 0.2) is 42.7 Å². The van der Waals surface area contributed by atoms with E-state index in [9.17, 15) is 15.2 Å². The number of aryl methyl sites for hydroxylation is 1. The van der Waals surface area contributed by atoms with Gasteiger partial charge >= 0.3 is 5.97 Å². The van der Waals surface area contributed by atoms with Crippen LogP contribution in [-0.2, 0) is 4.79 Å². The summed E-state index contributed by atoms with van der Waals surface area (Å²) in [7, 11) is 1.63. The molecular weight excluding hydrogens is 380 g/mol. The van der Waals surface area contributed by atoms with E-state index in [0.717, 1.165) is 33.2 Å². The van der Waals surface area contributed by atoms with Crippen LogP contribution in [-0.4, -0.2) is 33.0 Å². The van der Waals surface area contributed by atoms with E-state index >= 15 is 0 Å². The number of aromatic amines is 1. The maximum atomic E-state index is 11.7. The lowest BCUT2D eigenvalue weighted by Crippen LogP contribution is -2.18. The molecule has 5 rings (SSSR count). The predicted octanol–water partition coefficient (Wildman–Crippen LogP) is 4.02. The molecule has 7 heteroatoms. The molecular formula is C23H20N4O3. The number of rotatable bonds is 5. The number of carboxylic acids is 1. The van der Waals surface area contributed by atoms with E-state index in [1.54, 1.807) is 19.2 Å². The minimum atomic E-state index is -0.787. The molecule has 1 aliphatic carbocycles. The van der Waals surface area contributed by atoms with Crippen LogP contribution in [0.3, 0.4) is 0 Å². The number of benzene rings is 2. The molecule has 150 valence electrons. The van der Waals surface area contributed by atoms with Gasteiger partial charge in [-0.1, -0.05) is 0 Å². The molecule has 1 aliphatic rings. The number of nitriles is 1. The largest absolute Gasteiger partial charge is 0.496 e. The number of hydrogen-bond acceptors (Lipinski definition) is 4. The van der Waals surface area contributed by atoms with E-state index < -0.39 is 11.9 Å². The summed E-state index contributed by atoms with van der Waals surface area (Å²) in [6.07, 6.45) is 4.40. The van der Waals surface area contributed by atoms with Crippen LogP contribution in [0.4, 0.5) is 0 Å². The fourth-order valence-corrected chi connectivity index (χ4v) is 4.51. The van der Waals surface area contributed by atoms with Gasteiger partial charge < -0.3 is 14.8 Å². The number of methoxy groups -OCH3 is 1. The average Bonchev–Trinajstić information content (AvgIpc) is 3.18. The lowest BCUT2D eigenvalue weighted by atomic mass is 9.94. The molecule has 0 saturated heterocycles. The molecule has 0 unspecified atom stereocenters. The van der Waals surface area contributed by atoms with Crippen molar-refractivity contribution in [3.63, 3.8) is 0 Å². The second-order valence-electron chi connectivity index (χ2n) is 7.86. The standard InChI is InChI=1S/C23H20N4O3/c1-12-7-19(30-2)20(15-5-6-25-21(12)15)22(16-9-17(16)23(28)29)27-11-14-4-3-13(10-24)8-18(14)26-27/h3-8,11,16-17,22,25H,9H2,1-2H3,(H,28,29)/t16-,17-,22-/m1/s1. The number of carbonyl (C=O) groups is 1. The summed E-state index contributed by atoms with van der Waals surface area (Å²) in [5.74, 6) is -0.582. The summed E-state index contributed by atoms with van der Waals surface area (Å²) in [4.78, 5) is 15.0. The summed E-state index contributed by atoms with van der Waals surface area (Å²) >= 11 is 0. The van der Waals surface area contributed by atoms with Crippen molar-refractivity contribution in [1.82, 2.24) is 14.8 Å². The number of hydrogen-bond donors (Lipinski definition) is 2. The lowest BCUT2D eigenvalue weighted by Gasteiger charge is -2.22. The van der Waals surface area contributed by atoms with E-state index in [1.807, 2.05) is 42.2 Å². The fraction of sp³-hybridized carbons (Fsp3) is 0.261. The Morgan fingerprint density at radius 1 is 1.40 bits per heavy atom. The third-order valence-corrected chi connectivity index (χ3v) is 6.06. The molecule has 0 bridgehead atoms. The average molecular weight is 400 g/mol. The van der Waals surface area contributed by atoms with Gasteiger partial charge in [0.25, 0.3) is 0 Å². The normalized spacial score (nSPS) is 19.0. The number of fused-ring (bicyclic) bond motifs is 2. The van der Waals surface area contributed by atoms with Crippen molar-refractivity contribution in [3.8, 4) is 11.8 Å². The number of nitrogens with zero attached hydrogens (tertiary/aromatic N) is 3. The molecule has 0 radical (unpaired) electrons. The smallest absolute Gasteiger partial charge is 0.306 e. The van der Waals surface area contributed by atoms with Crippen molar-refractivity contribution in [3.05, 3.63) is 59.4 Å². The maximum absolute atomic E-state index is 11.7. The lowest BCUT2D eigenvalue weighted by molar-refractivity contribution is -0.138. The monoisotopic (exact) mass is 400 g/mol. The highest BCUT2D eigenvalue weighted by Gasteiger charge is 2.50. The first-order valence-corrected chi connectivity index (χ1v) is 9.78. The quantitative estimate of drug-likeness (QED) is 0.527. The van der Waals surface area contributed by atoms with E-state index in [-0.39, 0.29) is 12.0 Å². The Labute approximate surface area is 172 Å². The minimum absolute atomic E-state index is 0.0954. The van der Waals surface area contributed by atoms with Crippen LogP contribution in [0.2, 0.25) is 0 Å². The van der Waals surface area contributed by atoms with Gasteiger partial charge in [-0.25, -0.2) is 0 Å². The van der Waals surface area contributed by atoms with E-state index in [4.69, 9.17) is 9.84 Å². The van der Waals surface area contributed by atoms with Crippen molar-refractivity contribution in [2.75, 3.05) is 7.11 Å². The molecule has 4 aromatic rings. The van der Waals surface area contributed by atoms with Crippen molar-refractivity contribution in [1.29, 1.82) is 5.26 Å². The second kappa shape index (κ2) is 6.63. The van der Waals surface area contributed by atoms with Crippen molar-refractivity contribution in [2.45, 2.75) is 19.4 Å². The Morgan fingerprint density at radius 3 is 2.93 bits per heavy atom. The molecule has 0 aliphatic heterocycles. The Kier molecular flexibility index (Phi) is 4.03. The summed E-state index contributed by atoms with van der Waals surface area (Å²) in [5.41, 5.74) is 4.25. The number of H-pyrrole nitrogens is 1. The van der Waals surface area contributed by atoms with Gasteiger partial charge in [-0.05, 0) is 55.2 Å². The van der Waals surface area contributed by atoms with Gasteiger partial charge in [-0.2, -0.15) is 10.4 Å². The van der Waals surface area contributed by atoms with Gasteiger partial charge in [0.05, 0.1) is 36.2 Å². The molecule has 0 spiro atoms. The molecule has 2 N–H and O–H groups in total. The highest BCUT2D eigenvalue weighted by molar-refractivity contribution is 5.89. The number of nitrogens with one attached hydrogen (secondary N) is 1. The summed E-state index contributed by atoms with van der Waals surface area (Å²) < 4.78 is 7.59. The van der Waals surface area contributed by atoms with Gasteiger partial charge in [0.2, 0.25) is 0 Å². The zero-order valence-electron chi connectivity index (χ0n) is 16.6. The molecule has 30 heavy (non-hydrogen) atoms. The Balaban J connectivity index is 1.75. The topological polar surface area (TPSA) is 104 Å². The highest BCUT2D eigenvalue weighted by Crippen LogP contribution is 2.52. The van der Waals surface area contributed by atoms with Crippen LogP contribution in [0.25, 0.3) is 21.8 Å². The van der Waals surface area contributed by atoms with Crippen LogP contribution in [0, 0.1) is 30.1 Å². The second-order valence-corrected chi connectivity index (χ2v) is 7.86. The van der Waals surface area contributed by atoms with Gasteiger partial charge in [0, 0.05) is 34.2 Å². The molecule has 0 amide bonds. The predicted molar refractivity (Wildman–Crippen MR) is 111 cm³/mol. The highest BCUT2D eigenvalue weighted by atomic mass is 16.5. The van der Waals surface area contributed by atoms with Gasteiger partial charge in [-0.15, -0.1) is 0 Å². The summed E-state index contributed by atoms with van der Waals surface area (Å²) in [5, 5.41) is 25.5. The maximum Gasteiger partial charge on any atom is 0.306 e. The van der Waals surface area contributed by atoms with Crippen LogP contribution < -0.4 is 4.74 Å². The molecule has 3 atom stereocenters. The van der Waals surface area contributed by atoms with E-state index in [0.29, 0.717) is 17.5 Å². The Hall–Kier alpha value is -3.79. The first-order chi connectivity index (χ1) is 14.5. The third-order valence-electron chi connectivity index (χ3n) is 6.06. The summed E-state index contributed by atoms with van der Waals surface area (Å²) in [6.45, 7) is 2.02. The van der Waals surface area contributed by atoms with Crippen molar-refractivity contribution < 1.29 is 14.6 Å². The minimum Gasteiger partial charge on any atom is -0.496 e. The first kappa shape index (κ1) is 18.3. The third kappa shape index (κ3) is 2.72.